The number of carboxylic acid groups (broad SMARTS) is 1. The number of rotatable bonds is 9. The van der Waals surface area contributed by atoms with E-state index in [0.717, 1.165) is 16.9 Å². The number of carbonyl (C=O) groups excluding carboxylic acids is 3. The molecule has 0 radical (unpaired) electrons. The van der Waals surface area contributed by atoms with Gasteiger partial charge in [-0.15, -0.1) is 28.2 Å². The summed E-state index contributed by atoms with van der Waals surface area (Å²) in [6.45, 7) is 0.00843. The Labute approximate surface area is 209 Å². The van der Waals surface area contributed by atoms with Gasteiger partial charge in [-0.1, -0.05) is 23.4 Å². The number of anilines is 1. The first kappa shape index (κ1) is 24.4. The molecule has 2 aliphatic rings. The molecule has 0 spiro atoms. The Morgan fingerprint density at radius 3 is 2.91 bits per heavy atom. The normalized spacial score (nSPS) is 24.2. The smallest absolute Gasteiger partial charge is 0.313 e. The van der Waals surface area contributed by atoms with Crippen molar-refractivity contribution in [2.24, 2.45) is 12.5 Å². The number of nitrogens with one attached hydrogen (secondary N) is 2. The second-order valence-electron chi connectivity index (χ2n) is 7.40. The lowest BCUT2D eigenvalue weighted by atomic mass is 9.89. The Bertz CT molecular complexity index is 1170. The molecule has 0 saturated carbocycles. The molecule has 13 nitrogen and oxygen atoms in total. The van der Waals surface area contributed by atoms with Gasteiger partial charge in [-0.2, -0.15) is 0 Å². The van der Waals surface area contributed by atoms with Crippen molar-refractivity contribution in [2.45, 2.75) is 16.6 Å². The van der Waals surface area contributed by atoms with Gasteiger partial charge in [-0.05, 0) is 10.4 Å². The van der Waals surface area contributed by atoms with E-state index in [9.17, 15) is 24.3 Å². The maximum absolute atomic E-state index is 12.8. The summed E-state index contributed by atoms with van der Waals surface area (Å²) in [6.07, 6.45) is 0.467. The lowest BCUT2D eigenvalue weighted by Gasteiger charge is -2.53. The number of β-lactam (4-membered cyclic amide) rings is 1. The van der Waals surface area contributed by atoms with Gasteiger partial charge in [0.2, 0.25) is 17.5 Å². The van der Waals surface area contributed by atoms with Gasteiger partial charge in [-0.25, -0.2) is 9.67 Å². The van der Waals surface area contributed by atoms with Crippen molar-refractivity contribution in [3.8, 4) is 0 Å². The summed E-state index contributed by atoms with van der Waals surface area (Å²) in [5.74, 6) is -1.57. The molecule has 4 rings (SSSR count). The highest BCUT2D eigenvalue weighted by Gasteiger charge is 2.57. The van der Waals surface area contributed by atoms with E-state index in [1.807, 2.05) is 0 Å². The third-order valence-corrected chi connectivity index (χ3v) is 9.14. The molecule has 3 N–H and O–H groups in total. The standard InChI is InChI=1S/C17H17ClN8O5S3/c1-25-16(22-23-24-25)34-6-17(14(30)31)4-26-12(29)10(13(26)33-5-17)21-11(28)8(2-18)9-3-32-15(20-9)19-7-27/h2-3,7,10,13H,4-6H2,1H3,(H,21,28)(H,30,31)(H,19,20,27)/t10?,13-,17?/m1/s1. The van der Waals surface area contributed by atoms with Crippen molar-refractivity contribution in [1.82, 2.24) is 35.4 Å². The number of hydrogen-bond acceptors (Lipinski definition) is 11. The molecule has 4 heterocycles. The molecule has 17 heteroatoms. The fourth-order valence-corrected chi connectivity index (χ4v) is 7.00. The van der Waals surface area contributed by atoms with Gasteiger partial charge in [0.05, 0.1) is 11.3 Å². The Hall–Kier alpha value is -2.69. The van der Waals surface area contributed by atoms with Gasteiger partial charge in [0.25, 0.3) is 5.91 Å². The monoisotopic (exact) mass is 544 g/mol. The van der Waals surface area contributed by atoms with Crippen LogP contribution in [0.2, 0.25) is 0 Å². The van der Waals surface area contributed by atoms with E-state index in [1.54, 1.807) is 12.4 Å². The van der Waals surface area contributed by atoms with Crippen LogP contribution in [-0.2, 0) is 26.2 Å². The molecule has 34 heavy (non-hydrogen) atoms. The molecule has 3 amide bonds. The van der Waals surface area contributed by atoms with Crippen molar-refractivity contribution in [1.29, 1.82) is 0 Å². The number of thiazole rings is 1. The lowest BCUT2D eigenvalue weighted by Crippen LogP contribution is -2.74. The number of hydrogen-bond donors (Lipinski definition) is 3. The minimum atomic E-state index is -1.19. The molecular formula is C17H17ClN8O5S3. The Balaban J connectivity index is 1.41. The van der Waals surface area contributed by atoms with E-state index in [1.165, 1.54) is 33.1 Å². The van der Waals surface area contributed by atoms with E-state index in [2.05, 4.69) is 31.1 Å². The van der Waals surface area contributed by atoms with Crippen LogP contribution in [0.4, 0.5) is 5.13 Å². The van der Waals surface area contributed by atoms with Gasteiger partial charge >= 0.3 is 5.97 Å². The molecule has 180 valence electrons. The van der Waals surface area contributed by atoms with Crippen molar-refractivity contribution < 1.29 is 24.3 Å². The zero-order chi connectivity index (χ0) is 24.5. The molecule has 2 fully saturated rings. The van der Waals surface area contributed by atoms with Crippen LogP contribution in [0.15, 0.2) is 16.1 Å². The maximum atomic E-state index is 12.8. The summed E-state index contributed by atoms with van der Waals surface area (Å²) < 4.78 is 1.45. The van der Waals surface area contributed by atoms with Gasteiger partial charge in [-0.3, -0.25) is 19.2 Å². The van der Waals surface area contributed by atoms with Crippen LogP contribution >= 0.6 is 46.5 Å². The number of tetrazole rings is 1. The molecule has 2 aromatic rings. The number of carboxylic acids is 1. The average molecular weight is 545 g/mol. The largest absolute Gasteiger partial charge is 0.481 e. The molecule has 2 aromatic heterocycles. The lowest BCUT2D eigenvalue weighted by molar-refractivity contribution is -0.157. The minimum absolute atomic E-state index is 0.00843. The molecule has 2 aliphatic heterocycles. The zero-order valence-corrected chi connectivity index (χ0v) is 20.6. The number of aliphatic carboxylic acids is 1. The average Bonchev–Trinajstić information content (AvgIpc) is 3.45. The molecule has 0 aliphatic carbocycles. The van der Waals surface area contributed by atoms with Crippen LogP contribution in [0, 0.1) is 5.41 Å². The second kappa shape index (κ2) is 9.89. The summed E-state index contributed by atoms with van der Waals surface area (Å²) in [6, 6.07) is -0.822. The van der Waals surface area contributed by atoms with Crippen molar-refractivity contribution in [3.05, 3.63) is 16.6 Å². The van der Waals surface area contributed by atoms with Crippen molar-refractivity contribution in [3.63, 3.8) is 0 Å². The first-order valence-corrected chi connectivity index (χ1v) is 12.9. The summed E-state index contributed by atoms with van der Waals surface area (Å²) >= 11 is 9.45. The number of aryl methyl sites for hydroxylation is 1. The van der Waals surface area contributed by atoms with Crippen LogP contribution in [0.1, 0.15) is 5.69 Å². The Morgan fingerprint density at radius 1 is 1.47 bits per heavy atom. The summed E-state index contributed by atoms with van der Waals surface area (Å²) in [5, 5.41) is 28.0. The predicted octanol–water partition coefficient (Wildman–Crippen LogP) is 0.0778. The summed E-state index contributed by atoms with van der Waals surface area (Å²) in [7, 11) is 1.66. The number of amides is 3. The van der Waals surface area contributed by atoms with Crippen molar-refractivity contribution in [2.75, 3.05) is 23.4 Å². The summed E-state index contributed by atoms with van der Waals surface area (Å²) in [5.41, 5.74) is 0.156. The SMILES string of the molecule is Cn1nnnc1SCC1(C(=O)O)CS[C@@H]2C(NC(=O)C(=CCl)c3csc(NC=O)n3)C(=O)N2C1. The van der Waals surface area contributed by atoms with Crippen LogP contribution in [-0.4, -0.2) is 88.9 Å². The number of fused-ring (bicyclic) bond motifs is 1. The van der Waals surface area contributed by atoms with Crippen LogP contribution in [0.3, 0.4) is 0 Å². The molecular weight excluding hydrogens is 528 g/mol. The van der Waals surface area contributed by atoms with E-state index in [-0.39, 0.29) is 35.2 Å². The summed E-state index contributed by atoms with van der Waals surface area (Å²) in [4.78, 5) is 53.9. The maximum Gasteiger partial charge on any atom is 0.313 e. The molecule has 3 atom stereocenters. The quantitative estimate of drug-likeness (QED) is 0.169. The topological polar surface area (TPSA) is 172 Å². The second-order valence-corrected chi connectivity index (χ2v) is 10.5. The van der Waals surface area contributed by atoms with E-state index < -0.39 is 28.7 Å². The number of carbonyl (C=O) groups is 4. The Morgan fingerprint density at radius 2 is 2.26 bits per heavy atom. The predicted molar refractivity (Wildman–Crippen MR) is 125 cm³/mol. The third kappa shape index (κ3) is 4.49. The first-order valence-electron chi connectivity index (χ1n) is 9.57. The highest BCUT2D eigenvalue weighted by molar-refractivity contribution is 8.00. The van der Waals surface area contributed by atoms with Crippen molar-refractivity contribution >= 4 is 81.4 Å². The molecule has 2 unspecified atom stereocenters. The zero-order valence-electron chi connectivity index (χ0n) is 17.4. The highest BCUT2D eigenvalue weighted by atomic mass is 35.5. The fourth-order valence-electron chi connectivity index (χ4n) is 3.41. The highest BCUT2D eigenvalue weighted by Crippen LogP contribution is 2.44. The number of thioether (sulfide) groups is 2. The number of aromatic nitrogens is 5. The fraction of sp³-hybridized carbons (Fsp3) is 0.412. The van der Waals surface area contributed by atoms with Gasteiger partial charge in [0.15, 0.2) is 5.13 Å². The molecule has 0 aromatic carbocycles. The Kier molecular flexibility index (Phi) is 7.11. The van der Waals surface area contributed by atoms with E-state index in [4.69, 9.17) is 11.6 Å². The first-order chi connectivity index (χ1) is 16.3. The van der Waals surface area contributed by atoms with Gasteiger partial charge in [0, 0.05) is 36.0 Å². The number of nitrogens with zero attached hydrogens (tertiary/aromatic N) is 6. The van der Waals surface area contributed by atoms with Crippen LogP contribution in [0.25, 0.3) is 5.57 Å². The van der Waals surface area contributed by atoms with E-state index in [0.29, 0.717) is 16.7 Å². The van der Waals surface area contributed by atoms with Crippen LogP contribution in [0.5, 0.6) is 0 Å². The van der Waals surface area contributed by atoms with Crippen LogP contribution < -0.4 is 10.6 Å². The van der Waals surface area contributed by atoms with Gasteiger partial charge in [0.1, 0.15) is 16.8 Å². The molecule has 2 saturated heterocycles. The molecule has 0 bridgehead atoms. The minimum Gasteiger partial charge on any atom is -0.481 e. The van der Waals surface area contributed by atoms with Gasteiger partial charge < -0.3 is 20.6 Å². The third-order valence-electron chi connectivity index (χ3n) is 5.26. The van der Waals surface area contributed by atoms with E-state index >= 15 is 0 Å². The number of halogens is 1.